The van der Waals surface area contributed by atoms with Crippen molar-refractivity contribution in [2.24, 2.45) is 34.0 Å². The van der Waals surface area contributed by atoms with Crippen LogP contribution >= 0.6 is 0 Å². The molecule has 2 aromatic carbocycles. The summed E-state index contributed by atoms with van der Waals surface area (Å²) in [5.74, 6) is -9.67. The Kier molecular flexibility index (Phi) is 22.3. The molecule has 1 unspecified atom stereocenters. The SMILES string of the molecule is CCC(C)[C@H](NC(=O)[C@H](Cc1ccc(O)cc1)NC(=O)[C@@H](NC(=O)[C@H](CCCN=C(N)N)NC(=O)[C@@H](N)CC(=O)O)C(C)C)C(=O)N[C@@H](Cc1cnc[nH]1)C(=O)N1CC[C@H]1C(=O)N[C@@H](Cc1ccccc1)C(=O)O. The van der Waals surface area contributed by atoms with Gasteiger partial charge in [0.05, 0.1) is 18.8 Å². The van der Waals surface area contributed by atoms with Crippen LogP contribution in [-0.2, 0) is 62.4 Å². The van der Waals surface area contributed by atoms with Gasteiger partial charge in [-0.25, -0.2) is 9.78 Å². The van der Waals surface area contributed by atoms with E-state index in [4.69, 9.17) is 22.3 Å². The van der Waals surface area contributed by atoms with Crippen molar-refractivity contribution >= 4 is 59.2 Å². The Morgan fingerprint density at radius 3 is 1.91 bits per heavy atom. The summed E-state index contributed by atoms with van der Waals surface area (Å²) in [6, 6.07) is 3.95. The molecule has 4 rings (SSSR count). The van der Waals surface area contributed by atoms with Gasteiger partial charge in [0, 0.05) is 44.2 Å². The predicted molar refractivity (Wildman–Crippen MR) is 268 cm³/mol. The molecule has 1 aromatic heterocycles. The number of nitrogens with two attached hydrogens (primary N) is 3. The Balaban J connectivity index is 1.57. The first kappa shape index (κ1) is 58.5. The summed E-state index contributed by atoms with van der Waals surface area (Å²) >= 11 is 0. The van der Waals surface area contributed by atoms with E-state index in [1.165, 1.54) is 41.7 Å². The van der Waals surface area contributed by atoms with E-state index in [0.717, 1.165) is 0 Å². The number of aromatic amines is 1. The standard InChI is InChI=1S/C49H69N13O12/c1-5-27(4)40(46(71)58-35(22-30-24-53-25-55-30)47(72)62-19-17-37(62)44(69)59-36(48(73)74)21-28-10-7-6-8-11-28)61-43(68)34(20-29-13-15-31(63)16-14-29)57-45(70)39(26(2)3)60-42(67)33(12-9-18-54-49(51)52)56-41(66)32(50)23-38(64)65/h6-8,10-11,13-16,24-27,32-37,39-40,63H,5,9,12,17-23,50H2,1-4H3,(H,53,55)(H,56,66)(H,57,70)(H,58,71)(H,59,69)(H,60,67)(H,61,68)(H,64,65)(H,73,74)(H4,51,52,54)/t27?,32-,33-,34-,35-,36-,37-,39-,40-/m0/s1. The van der Waals surface area contributed by atoms with E-state index in [0.29, 0.717) is 23.2 Å². The smallest absolute Gasteiger partial charge is 0.326 e. The number of hydrogen-bond acceptors (Lipinski definition) is 13. The Hall–Kier alpha value is -8.09. The summed E-state index contributed by atoms with van der Waals surface area (Å²) in [5.41, 5.74) is 18.2. The minimum atomic E-state index is -1.51. The number of amides is 7. The summed E-state index contributed by atoms with van der Waals surface area (Å²) < 4.78 is 0. The van der Waals surface area contributed by atoms with E-state index >= 15 is 0 Å². The Labute approximate surface area is 427 Å². The molecule has 402 valence electrons. The molecule has 25 heteroatoms. The van der Waals surface area contributed by atoms with Crippen molar-refractivity contribution < 1.29 is 58.5 Å². The lowest BCUT2D eigenvalue weighted by atomic mass is 9.95. The van der Waals surface area contributed by atoms with E-state index in [1.807, 2.05) is 0 Å². The molecule has 1 aliphatic rings. The molecule has 3 aromatic rings. The Bertz CT molecular complexity index is 2430. The maximum absolute atomic E-state index is 14.5. The molecule has 9 atom stereocenters. The number of aliphatic carboxylic acids is 2. The fourth-order valence-corrected chi connectivity index (χ4v) is 7.93. The lowest BCUT2D eigenvalue weighted by Gasteiger charge is -2.42. The molecule has 0 spiro atoms. The summed E-state index contributed by atoms with van der Waals surface area (Å²) in [6.45, 7) is 6.89. The van der Waals surface area contributed by atoms with E-state index in [9.17, 15) is 53.4 Å². The maximum Gasteiger partial charge on any atom is 0.326 e. The van der Waals surface area contributed by atoms with Crippen LogP contribution in [0.3, 0.4) is 0 Å². The molecule has 74 heavy (non-hydrogen) atoms. The molecule has 0 radical (unpaired) electrons. The number of aromatic hydroxyl groups is 1. The first-order chi connectivity index (χ1) is 35.1. The van der Waals surface area contributed by atoms with Gasteiger partial charge in [0.25, 0.3) is 0 Å². The number of carboxylic acid groups (broad SMARTS) is 2. The highest BCUT2D eigenvalue weighted by atomic mass is 16.4. The second-order valence-electron chi connectivity index (χ2n) is 18.5. The van der Waals surface area contributed by atoms with Gasteiger partial charge in [-0.3, -0.25) is 43.3 Å². The highest BCUT2D eigenvalue weighted by Crippen LogP contribution is 2.22. The Morgan fingerprint density at radius 1 is 0.743 bits per heavy atom. The van der Waals surface area contributed by atoms with Gasteiger partial charge in [-0.15, -0.1) is 0 Å². The highest BCUT2D eigenvalue weighted by Gasteiger charge is 2.43. The second-order valence-corrected chi connectivity index (χ2v) is 18.5. The number of phenolic OH excluding ortho intramolecular Hbond substituents is 1. The number of likely N-dealkylation sites (tertiary alicyclic amines) is 1. The van der Waals surface area contributed by atoms with Crippen molar-refractivity contribution in [1.29, 1.82) is 0 Å². The number of hydrogen-bond donors (Lipinski definition) is 13. The van der Waals surface area contributed by atoms with Crippen molar-refractivity contribution in [2.75, 3.05) is 13.1 Å². The van der Waals surface area contributed by atoms with Gasteiger partial charge in [0.2, 0.25) is 41.4 Å². The summed E-state index contributed by atoms with van der Waals surface area (Å²) in [6.07, 6.45) is 2.49. The molecule has 0 aliphatic carbocycles. The van der Waals surface area contributed by atoms with Crippen molar-refractivity contribution in [3.05, 3.63) is 83.9 Å². The van der Waals surface area contributed by atoms with Crippen LogP contribution in [0.25, 0.3) is 0 Å². The van der Waals surface area contributed by atoms with Gasteiger partial charge in [0.1, 0.15) is 48.0 Å². The third kappa shape index (κ3) is 17.9. The number of imidazole rings is 1. The molecule has 25 nitrogen and oxygen atoms in total. The van der Waals surface area contributed by atoms with Crippen LogP contribution in [0.4, 0.5) is 0 Å². The molecule has 2 heterocycles. The molecule has 7 amide bonds. The number of phenols is 1. The summed E-state index contributed by atoms with van der Waals surface area (Å²) in [4.78, 5) is 133. The fourth-order valence-electron chi connectivity index (χ4n) is 7.93. The van der Waals surface area contributed by atoms with Crippen molar-refractivity contribution in [1.82, 2.24) is 46.8 Å². The van der Waals surface area contributed by atoms with Gasteiger partial charge in [-0.1, -0.05) is 76.6 Å². The number of nitrogens with one attached hydrogen (secondary N) is 7. The number of aromatic nitrogens is 2. The number of carbonyl (C=O) groups excluding carboxylic acids is 7. The van der Waals surface area contributed by atoms with Crippen molar-refractivity contribution in [3.8, 4) is 5.75 Å². The van der Waals surface area contributed by atoms with Crippen LogP contribution < -0.4 is 49.1 Å². The molecule has 16 N–H and O–H groups in total. The van der Waals surface area contributed by atoms with Crippen LogP contribution in [0.15, 0.2) is 72.1 Å². The predicted octanol–water partition coefficient (Wildman–Crippen LogP) is -1.70. The normalized spacial score (nSPS) is 16.2. The summed E-state index contributed by atoms with van der Waals surface area (Å²) in [7, 11) is 0. The largest absolute Gasteiger partial charge is 0.508 e. The second kappa shape index (κ2) is 28.2. The van der Waals surface area contributed by atoms with Crippen LogP contribution in [-0.4, -0.2) is 151 Å². The quantitative estimate of drug-likeness (QED) is 0.0209. The van der Waals surface area contributed by atoms with Crippen LogP contribution in [0.5, 0.6) is 5.75 Å². The zero-order valence-corrected chi connectivity index (χ0v) is 41.8. The fraction of sp³-hybridized carbons (Fsp3) is 0.490. The van der Waals surface area contributed by atoms with Gasteiger partial charge in [0.15, 0.2) is 5.96 Å². The van der Waals surface area contributed by atoms with E-state index in [-0.39, 0.29) is 63.3 Å². The molecule has 1 fully saturated rings. The number of nitrogens with zero attached hydrogens (tertiary/aromatic N) is 3. The van der Waals surface area contributed by atoms with E-state index in [1.54, 1.807) is 58.0 Å². The first-order valence-corrected chi connectivity index (χ1v) is 24.3. The third-order valence-electron chi connectivity index (χ3n) is 12.5. The lowest BCUT2D eigenvalue weighted by Crippen LogP contribution is -2.65. The first-order valence-electron chi connectivity index (χ1n) is 24.3. The van der Waals surface area contributed by atoms with E-state index in [2.05, 4.69) is 46.9 Å². The summed E-state index contributed by atoms with van der Waals surface area (Å²) in [5, 5.41) is 44.9. The van der Waals surface area contributed by atoms with Crippen LogP contribution in [0.1, 0.15) is 76.6 Å². The topological polar surface area (TPSA) is 409 Å². The third-order valence-corrected chi connectivity index (χ3v) is 12.5. The number of carbonyl (C=O) groups is 9. The molecule has 1 aliphatic heterocycles. The average molecular weight is 1030 g/mol. The maximum atomic E-state index is 14.5. The zero-order valence-electron chi connectivity index (χ0n) is 41.8. The van der Waals surface area contributed by atoms with E-state index < -0.39 is 120 Å². The number of rotatable bonds is 29. The molecule has 0 saturated carbocycles. The van der Waals surface area contributed by atoms with Gasteiger partial charge in [-0.05, 0) is 54.4 Å². The van der Waals surface area contributed by atoms with Gasteiger partial charge >= 0.3 is 11.9 Å². The molecular weight excluding hydrogens is 963 g/mol. The monoisotopic (exact) mass is 1030 g/mol. The lowest BCUT2D eigenvalue weighted by molar-refractivity contribution is -0.151. The molecule has 0 bridgehead atoms. The number of carboxylic acids is 2. The minimum absolute atomic E-state index is 0.00211. The number of guanidine groups is 1. The molecule has 1 saturated heterocycles. The highest BCUT2D eigenvalue weighted by molar-refractivity contribution is 5.98. The van der Waals surface area contributed by atoms with Crippen molar-refractivity contribution in [2.45, 2.75) is 127 Å². The zero-order chi connectivity index (χ0) is 54.6. The minimum Gasteiger partial charge on any atom is -0.508 e. The van der Waals surface area contributed by atoms with Gasteiger partial charge in [-0.2, -0.15) is 0 Å². The molecular formula is C49H69N13O12. The number of aliphatic imine (C=N–C) groups is 1. The average Bonchev–Trinajstić information content (AvgIpc) is 3.85. The van der Waals surface area contributed by atoms with Crippen molar-refractivity contribution in [3.63, 3.8) is 0 Å². The van der Waals surface area contributed by atoms with Crippen LogP contribution in [0.2, 0.25) is 0 Å². The van der Waals surface area contributed by atoms with Gasteiger partial charge < -0.3 is 74.3 Å². The Morgan fingerprint density at radius 2 is 1.34 bits per heavy atom. The number of benzene rings is 2. The number of H-pyrrole nitrogens is 1. The van der Waals surface area contributed by atoms with Crippen LogP contribution in [0, 0.1) is 11.8 Å².